The molecule has 0 radical (unpaired) electrons. The van der Waals surface area contributed by atoms with E-state index in [1.807, 2.05) is 15.5 Å². The van der Waals surface area contributed by atoms with Crippen LogP contribution in [0.15, 0.2) is 36.9 Å². The van der Waals surface area contributed by atoms with E-state index >= 15 is 0 Å². The summed E-state index contributed by atoms with van der Waals surface area (Å²) < 4.78 is 7.88. The normalized spacial score (nSPS) is 21.4. The molecule has 2 bridgehead atoms. The van der Waals surface area contributed by atoms with Crippen molar-refractivity contribution in [3.63, 3.8) is 0 Å². The van der Waals surface area contributed by atoms with Crippen LogP contribution < -0.4 is 4.74 Å². The molecular formula is C24H35N5O2. The highest BCUT2D eigenvalue weighted by atomic mass is 16.5. The minimum atomic E-state index is 0.172. The Bertz CT molecular complexity index is 810. The summed E-state index contributed by atoms with van der Waals surface area (Å²) in [4.78, 5) is 17.6. The van der Waals surface area contributed by atoms with Gasteiger partial charge in [0.25, 0.3) is 0 Å². The molecule has 1 aromatic heterocycles. The summed E-state index contributed by atoms with van der Waals surface area (Å²) in [6.45, 7) is 4.91. The number of benzene rings is 1. The third kappa shape index (κ3) is 6.53. The Kier molecular flexibility index (Phi) is 7.93. The molecule has 7 heteroatoms. The van der Waals surface area contributed by atoms with E-state index in [9.17, 15) is 4.79 Å². The van der Waals surface area contributed by atoms with Crippen LogP contribution in [0.3, 0.4) is 0 Å². The van der Waals surface area contributed by atoms with E-state index in [4.69, 9.17) is 4.74 Å². The number of aromatic nitrogens is 3. The molecular weight excluding hydrogens is 390 g/mol. The summed E-state index contributed by atoms with van der Waals surface area (Å²) in [5, 5.41) is 7.63. The number of nitrogens with zero attached hydrogens (tertiary/aromatic N) is 5. The molecule has 168 valence electrons. The number of carbonyl (C=O) groups excluding carboxylic acids is 1. The van der Waals surface area contributed by atoms with Gasteiger partial charge in [0.2, 0.25) is 5.91 Å². The van der Waals surface area contributed by atoms with E-state index in [1.165, 1.54) is 37.8 Å². The van der Waals surface area contributed by atoms with Crippen LogP contribution in [0.2, 0.25) is 0 Å². The molecule has 2 aliphatic rings. The van der Waals surface area contributed by atoms with Crippen molar-refractivity contribution < 1.29 is 9.53 Å². The SMILES string of the molecule is O=C(CCn1cnnc1)N1CCCCN2CCCCC2CCc2cccc(c2)OCC1. The Morgan fingerprint density at radius 2 is 1.81 bits per heavy atom. The fourth-order valence-electron chi connectivity index (χ4n) is 4.78. The highest BCUT2D eigenvalue weighted by molar-refractivity contribution is 5.76. The molecule has 1 fully saturated rings. The molecule has 1 aromatic carbocycles. The molecule has 7 nitrogen and oxygen atoms in total. The monoisotopic (exact) mass is 425 g/mol. The maximum absolute atomic E-state index is 12.9. The summed E-state index contributed by atoms with van der Waals surface area (Å²) >= 11 is 0. The van der Waals surface area contributed by atoms with Gasteiger partial charge in [-0.25, -0.2) is 0 Å². The summed E-state index contributed by atoms with van der Waals surface area (Å²) in [6.07, 6.45) is 12.2. The van der Waals surface area contributed by atoms with E-state index < -0.39 is 0 Å². The first-order valence-corrected chi connectivity index (χ1v) is 11.8. The van der Waals surface area contributed by atoms with Gasteiger partial charge < -0.3 is 19.1 Å². The third-order valence-electron chi connectivity index (χ3n) is 6.57. The van der Waals surface area contributed by atoms with Crippen LogP contribution in [0.4, 0.5) is 0 Å². The summed E-state index contributed by atoms with van der Waals surface area (Å²) in [6, 6.07) is 9.17. The second-order valence-corrected chi connectivity index (χ2v) is 8.76. The molecule has 0 saturated carbocycles. The van der Waals surface area contributed by atoms with Crippen molar-refractivity contribution in [1.29, 1.82) is 0 Å². The molecule has 2 aromatic rings. The van der Waals surface area contributed by atoms with Gasteiger partial charge in [-0.2, -0.15) is 0 Å². The van der Waals surface area contributed by atoms with E-state index in [1.54, 1.807) is 12.7 Å². The number of amides is 1. The predicted octanol–water partition coefficient (Wildman–Crippen LogP) is 3.16. The average Bonchev–Trinajstić information content (AvgIpc) is 3.32. The standard InChI is InChI=1S/C24H35N5O2/c30-24(11-15-27-19-25-26-20-27)29-14-4-3-13-28-12-2-1-7-22(28)10-9-21-6-5-8-23(18-21)31-17-16-29/h5-6,8,18-20,22H,1-4,7,9-17H2. The quantitative estimate of drug-likeness (QED) is 0.756. The largest absolute Gasteiger partial charge is 0.492 e. The molecule has 2 aliphatic heterocycles. The van der Waals surface area contributed by atoms with Crippen LogP contribution in [0.5, 0.6) is 5.75 Å². The van der Waals surface area contributed by atoms with Crippen molar-refractivity contribution >= 4 is 5.91 Å². The molecule has 1 saturated heterocycles. The first kappa shape index (κ1) is 21.8. The van der Waals surface area contributed by atoms with Gasteiger partial charge in [-0.15, -0.1) is 10.2 Å². The topological polar surface area (TPSA) is 63.5 Å². The van der Waals surface area contributed by atoms with Gasteiger partial charge in [0.15, 0.2) is 0 Å². The molecule has 3 heterocycles. The lowest BCUT2D eigenvalue weighted by atomic mass is 9.95. The number of fused-ring (bicyclic) bond motifs is 3. The number of hydrogen-bond acceptors (Lipinski definition) is 5. The zero-order valence-electron chi connectivity index (χ0n) is 18.5. The van der Waals surface area contributed by atoms with Gasteiger partial charge in [0, 0.05) is 25.6 Å². The Balaban J connectivity index is 1.40. The molecule has 0 spiro atoms. The number of rotatable bonds is 3. The van der Waals surface area contributed by atoms with Gasteiger partial charge >= 0.3 is 0 Å². The molecule has 0 aliphatic carbocycles. The molecule has 1 atom stereocenters. The van der Waals surface area contributed by atoms with Crippen LogP contribution in [0.25, 0.3) is 0 Å². The Morgan fingerprint density at radius 3 is 2.68 bits per heavy atom. The van der Waals surface area contributed by atoms with Crippen molar-refractivity contribution in [2.24, 2.45) is 0 Å². The Morgan fingerprint density at radius 1 is 1.00 bits per heavy atom. The van der Waals surface area contributed by atoms with E-state index in [0.29, 0.717) is 32.2 Å². The van der Waals surface area contributed by atoms with Crippen molar-refractivity contribution in [3.05, 3.63) is 42.5 Å². The van der Waals surface area contributed by atoms with Crippen molar-refractivity contribution in [2.75, 3.05) is 32.8 Å². The Hall–Kier alpha value is -2.41. The number of aryl methyl sites for hydroxylation is 2. The highest BCUT2D eigenvalue weighted by Gasteiger charge is 2.22. The first-order valence-electron chi connectivity index (χ1n) is 11.8. The predicted molar refractivity (Wildman–Crippen MR) is 120 cm³/mol. The second-order valence-electron chi connectivity index (χ2n) is 8.76. The lowest BCUT2D eigenvalue weighted by molar-refractivity contribution is -0.131. The maximum atomic E-state index is 12.9. The lowest BCUT2D eigenvalue weighted by Gasteiger charge is -2.36. The van der Waals surface area contributed by atoms with E-state index in [-0.39, 0.29) is 5.91 Å². The van der Waals surface area contributed by atoms with Gasteiger partial charge in [-0.05, 0) is 69.3 Å². The van der Waals surface area contributed by atoms with Crippen molar-refractivity contribution in [3.8, 4) is 5.75 Å². The maximum Gasteiger partial charge on any atom is 0.224 e. The van der Waals surface area contributed by atoms with Crippen LogP contribution in [0, 0.1) is 0 Å². The van der Waals surface area contributed by atoms with Crippen molar-refractivity contribution in [2.45, 2.75) is 64.0 Å². The summed E-state index contributed by atoms with van der Waals surface area (Å²) in [5.41, 5.74) is 1.35. The number of ether oxygens (including phenoxy) is 1. The minimum absolute atomic E-state index is 0.172. The highest BCUT2D eigenvalue weighted by Crippen LogP contribution is 2.23. The average molecular weight is 426 g/mol. The summed E-state index contributed by atoms with van der Waals surface area (Å²) in [7, 11) is 0. The van der Waals surface area contributed by atoms with Crippen LogP contribution in [-0.2, 0) is 17.8 Å². The fraction of sp³-hybridized carbons (Fsp3) is 0.625. The summed E-state index contributed by atoms with van der Waals surface area (Å²) in [5.74, 6) is 1.08. The van der Waals surface area contributed by atoms with Crippen LogP contribution in [0.1, 0.15) is 50.5 Å². The van der Waals surface area contributed by atoms with E-state index in [2.05, 4.69) is 33.3 Å². The zero-order chi connectivity index (χ0) is 21.3. The van der Waals surface area contributed by atoms with Gasteiger partial charge in [0.05, 0.1) is 6.54 Å². The zero-order valence-corrected chi connectivity index (χ0v) is 18.5. The van der Waals surface area contributed by atoms with Crippen LogP contribution >= 0.6 is 0 Å². The van der Waals surface area contributed by atoms with Crippen LogP contribution in [-0.4, -0.2) is 69.3 Å². The fourth-order valence-corrected chi connectivity index (χ4v) is 4.78. The number of hydrogen-bond donors (Lipinski definition) is 0. The van der Waals surface area contributed by atoms with E-state index in [0.717, 1.165) is 38.1 Å². The van der Waals surface area contributed by atoms with Gasteiger partial charge in [-0.1, -0.05) is 18.6 Å². The molecule has 31 heavy (non-hydrogen) atoms. The first-order chi connectivity index (χ1) is 15.3. The Labute approximate surface area is 185 Å². The minimum Gasteiger partial charge on any atom is -0.492 e. The lowest BCUT2D eigenvalue weighted by Crippen LogP contribution is -2.41. The third-order valence-corrected chi connectivity index (χ3v) is 6.57. The molecule has 4 rings (SSSR count). The van der Waals surface area contributed by atoms with Gasteiger partial charge in [-0.3, -0.25) is 4.79 Å². The molecule has 1 amide bonds. The smallest absolute Gasteiger partial charge is 0.224 e. The number of carbonyl (C=O) groups is 1. The second kappa shape index (κ2) is 11.3. The van der Waals surface area contributed by atoms with Crippen molar-refractivity contribution in [1.82, 2.24) is 24.6 Å². The molecule has 1 unspecified atom stereocenters. The number of piperidine rings is 1. The molecule has 0 N–H and O–H groups in total. The van der Waals surface area contributed by atoms with Gasteiger partial charge in [0.1, 0.15) is 25.0 Å².